The fourth-order valence-electron chi connectivity index (χ4n) is 5.85. The minimum absolute atomic E-state index is 0. The number of hydrogen-bond acceptors (Lipinski definition) is 4. The van der Waals surface area contributed by atoms with Crippen LogP contribution in [0.4, 0.5) is 0 Å². The molecule has 0 spiro atoms. The zero-order chi connectivity index (χ0) is 23.7. The summed E-state index contributed by atoms with van der Waals surface area (Å²) in [5, 5.41) is 0. The number of benzene rings is 2. The average Bonchev–Trinajstić information content (AvgIpc) is 2.77. The van der Waals surface area contributed by atoms with Crippen LogP contribution in [0.25, 0.3) is 0 Å². The molecule has 34 heavy (non-hydrogen) atoms. The maximum Gasteiger partial charge on any atom is 1.00 e. The van der Waals surface area contributed by atoms with Crippen molar-refractivity contribution in [2.45, 2.75) is 103 Å². The first-order chi connectivity index (χ1) is 15.6. The fourth-order valence-corrected chi connectivity index (χ4v) is 6.69. The van der Waals surface area contributed by atoms with Crippen molar-refractivity contribution in [3.63, 3.8) is 0 Å². The van der Waals surface area contributed by atoms with Crippen molar-refractivity contribution in [3.8, 4) is 11.5 Å². The third-order valence-electron chi connectivity index (χ3n) is 7.91. The Hall–Kier alpha value is -0.770. The van der Waals surface area contributed by atoms with Crippen LogP contribution in [-0.2, 0) is 15.4 Å². The van der Waals surface area contributed by atoms with Crippen LogP contribution in [0.5, 0.6) is 11.5 Å². The Morgan fingerprint density at radius 1 is 0.706 bits per heavy atom. The third kappa shape index (κ3) is 6.31. The van der Waals surface area contributed by atoms with E-state index in [-0.39, 0.29) is 40.4 Å². The smallest absolute Gasteiger partial charge is 0.736 e. The van der Waals surface area contributed by atoms with Crippen molar-refractivity contribution in [2.75, 3.05) is 0 Å². The van der Waals surface area contributed by atoms with Crippen molar-refractivity contribution in [3.05, 3.63) is 58.7 Å². The van der Waals surface area contributed by atoms with E-state index in [1.807, 2.05) is 26.0 Å². The van der Waals surface area contributed by atoms with Gasteiger partial charge in [0, 0.05) is 11.1 Å². The van der Waals surface area contributed by atoms with Gasteiger partial charge in [-0.05, 0) is 62.5 Å². The van der Waals surface area contributed by atoms with E-state index < -0.39 is 7.82 Å². The molecule has 0 aromatic heterocycles. The summed E-state index contributed by atoms with van der Waals surface area (Å²) in [4.78, 5) is 13.2. The van der Waals surface area contributed by atoms with E-state index in [2.05, 4.69) is 26.0 Å². The normalized spacial score (nSPS) is 19.7. The fraction of sp³-hybridized carbons (Fsp3) is 0.571. The molecule has 0 saturated heterocycles. The van der Waals surface area contributed by atoms with Gasteiger partial charge < -0.3 is 13.9 Å². The largest absolute Gasteiger partial charge is 1.00 e. The van der Waals surface area contributed by atoms with Crippen LogP contribution >= 0.6 is 7.82 Å². The Labute approximate surface area is 227 Å². The topological polar surface area (TPSA) is 58.6 Å². The Morgan fingerprint density at radius 2 is 1.06 bits per heavy atom. The molecule has 2 aromatic carbocycles. The van der Waals surface area contributed by atoms with Crippen LogP contribution < -0.4 is 43.5 Å². The number of aryl methyl sites for hydroxylation is 2. The van der Waals surface area contributed by atoms with Gasteiger partial charge in [0.15, 0.2) is 0 Å². The van der Waals surface area contributed by atoms with E-state index in [1.165, 1.54) is 12.8 Å². The van der Waals surface area contributed by atoms with E-state index in [9.17, 15) is 9.46 Å². The molecule has 2 saturated carbocycles. The molecule has 0 unspecified atom stereocenters. The summed E-state index contributed by atoms with van der Waals surface area (Å²) in [7, 11) is -4.63. The van der Waals surface area contributed by atoms with Gasteiger partial charge in [-0.25, -0.2) is 4.57 Å². The molecule has 0 radical (unpaired) electrons. The molecule has 4 nitrogen and oxygen atoms in total. The van der Waals surface area contributed by atoms with E-state index in [0.717, 1.165) is 73.6 Å². The SMILES string of the molecule is Cc1ccc(OP(=O)([O-])Oc2ccc(C)cc2C2(C)CCCCC2)c(C2(C)CCCCC2)c1.[Na+]. The molecular weight excluding hydrogens is 454 g/mol. The molecule has 0 atom stereocenters. The van der Waals surface area contributed by atoms with Crippen molar-refractivity contribution in [1.82, 2.24) is 0 Å². The molecule has 0 bridgehead atoms. The Kier molecular flexibility index (Phi) is 9.07. The van der Waals surface area contributed by atoms with Crippen LogP contribution in [0.1, 0.15) is 100 Å². The molecule has 2 aliphatic carbocycles. The minimum Gasteiger partial charge on any atom is -0.736 e. The predicted molar refractivity (Wildman–Crippen MR) is 132 cm³/mol. The molecule has 180 valence electrons. The van der Waals surface area contributed by atoms with E-state index in [0.29, 0.717) is 11.5 Å². The summed E-state index contributed by atoms with van der Waals surface area (Å²) in [6.45, 7) is 8.53. The monoisotopic (exact) mass is 492 g/mol. The van der Waals surface area contributed by atoms with Gasteiger partial charge in [-0.2, -0.15) is 0 Å². The maximum atomic E-state index is 13.2. The molecule has 2 aromatic rings. The standard InChI is InChI=1S/C28H39O4P.Na/c1-21-11-13-25(23(19-21)27(3)15-7-5-8-16-27)31-33(29,30)32-26-14-12-22(2)20-24(26)28(4)17-9-6-10-18-28;/h11-14,19-20H,5-10,15-18H2,1-4H3,(H,29,30);/q;+1/p-1. The quantitative estimate of drug-likeness (QED) is 0.434. The maximum absolute atomic E-state index is 13.2. The molecule has 2 aliphatic rings. The van der Waals surface area contributed by atoms with Gasteiger partial charge in [0.25, 0.3) is 0 Å². The summed E-state index contributed by atoms with van der Waals surface area (Å²) < 4.78 is 24.6. The molecule has 0 amide bonds. The zero-order valence-electron chi connectivity index (χ0n) is 21.6. The third-order valence-corrected chi connectivity index (χ3v) is 8.75. The molecular formula is C28H38NaO4P. The van der Waals surface area contributed by atoms with E-state index in [4.69, 9.17) is 9.05 Å². The second kappa shape index (κ2) is 11.1. The summed E-state index contributed by atoms with van der Waals surface area (Å²) in [6.07, 6.45) is 11.2. The molecule has 0 heterocycles. The summed E-state index contributed by atoms with van der Waals surface area (Å²) in [5.41, 5.74) is 4.01. The van der Waals surface area contributed by atoms with Gasteiger partial charge in [0.05, 0.1) is 0 Å². The Bertz CT molecular complexity index is 959. The predicted octanol–water partition coefficient (Wildman–Crippen LogP) is 4.68. The number of phosphoric acid groups is 1. The van der Waals surface area contributed by atoms with Crippen LogP contribution in [0.15, 0.2) is 36.4 Å². The molecule has 2 fully saturated rings. The summed E-state index contributed by atoms with van der Waals surface area (Å²) >= 11 is 0. The molecule has 0 N–H and O–H groups in total. The van der Waals surface area contributed by atoms with Gasteiger partial charge in [-0.1, -0.05) is 87.8 Å². The molecule has 4 rings (SSSR count). The first kappa shape index (κ1) is 27.8. The van der Waals surface area contributed by atoms with E-state index >= 15 is 0 Å². The Morgan fingerprint density at radius 3 is 1.41 bits per heavy atom. The minimum atomic E-state index is -4.63. The second-order valence-corrected chi connectivity index (χ2v) is 12.1. The van der Waals surface area contributed by atoms with Crippen LogP contribution in [0.2, 0.25) is 0 Å². The number of hydrogen-bond donors (Lipinski definition) is 0. The average molecular weight is 493 g/mol. The van der Waals surface area contributed by atoms with Gasteiger partial charge in [-0.3, -0.25) is 0 Å². The van der Waals surface area contributed by atoms with Crippen molar-refractivity contribution < 1.29 is 48.1 Å². The van der Waals surface area contributed by atoms with Crippen LogP contribution in [0, 0.1) is 13.8 Å². The van der Waals surface area contributed by atoms with Crippen molar-refractivity contribution >= 4 is 7.82 Å². The van der Waals surface area contributed by atoms with Gasteiger partial charge in [0.1, 0.15) is 11.5 Å². The summed E-state index contributed by atoms with van der Waals surface area (Å²) in [6, 6.07) is 11.6. The van der Waals surface area contributed by atoms with Gasteiger partial charge in [0.2, 0.25) is 0 Å². The van der Waals surface area contributed by atoms with Crippen LogP contribution in [0.3, 0.4) is 0 Å². The number of rotatable bonds is 6. The second-order valence-electron chi connectivity index (χ2n) is 10.9. The Balaban J connectivity index is 0.00000324. The van der Waals surface area contributed by atoms with Crippen molar-refractivity contribution in [1.29, 1.82) is 0 Å². The van der Waals surface area contributed by atoms with Gasteiger partial charge >= 0.3 is 37.4 Å². The van der Waals surface area contributed by atoms with Crippen LogP contribution in [-0.4, -0.2) is 0 Å². The van der Waals surface area contributed by atoms with Gasteiger partial charge in [-0.15, -0.1) is 0 Å². The first-order valence-corrected chi connectivity index (χ1v) is 14.0. The van der Waals surface area contributed by atoms with Crippen molar-refractivity contribution in [2.24, 2.45) is 0 Å². The molecule has 6 heteroatoms. The summed E-state index contributed by atoms with van der Waals surface area (Å²) in [5.74, 6) is 0.807. The van der Waals surface area contributed by atoms with E-state index in [1.54, 1.807) is 12.1 Å². The zero-order valence-corrected chi connectivity index (χ0v) is 24.5. The number of phosphoric ester groups is 1. The molecule has 0 aliphatic heterocycles. The first-order valence-electron chi connectivity index (χ1n) is 12.5.